The van der Waals surface area contributed by atoms with E-state index in [4.69, 9.17) is 0 Å². The molecule has 0 aliphatic heterocycles. The number of nitrogens with one attached hydrogen (secondary N) is 4. The van der Waals surface area contributed by atoms with Crippen LogP contribution in [0.15, 0.2) is 59.5 Å². The summed E-state index contributed by atoms with van der Waals surface area (Å²) < 4.78 is 27.8. The molecule has 9 heteroatoms. The quantitative estimate of drug-likeness (QED) is 0.553. The number of hydrogen-bond acceptors (Lipinski definition) is 4. The van der Waals surface area contributed by atoms with Gasteiger partial charge in [0.05, 0.1) is 5.69 Å². The zero-order valence-electron chi connectivity index (χ0n) is 16.7. The fourth-order valence-corrected chi connectivity index (χ4v) is 4.04. The van der Waals surface area contributed by atoms with Crippen molar-refractivity contribution in [1.82, 2.24) is 10.0 Å². The number of amides is 3. The fraction of sp³-hybridized carbons (Fsp3) is 0.300. The third-order valence-corrected chi connectivity index (χ3v) is 5.38. The highest BCUT2D eigenvalue weighted by atomic mass is 32.2. The molecule has 4 N–H and O–H groups in total. The standard InChI is InChI=1S/C20H26N4O4S/c1-20(2,3)24-29(27,28)17-12-8-7-11-16(17)23-18(25)13-14-21-19(26)22-15-9-5-4-6-10-15/h4-12,24H,13-14H2,1-3H3,(H,23,25)(H2,21,22,26). The highest BCUT2D eigenvalue weighted by molar-refractivity contribution is 7.89. The molecular weight excluding hydrogens is 392 g/mol. The zero-order chi connectivity index (χ0) is 21.5. The molecule has 29 heavy (non-hydrogen) atoms. The Morgan fingerprint density at radius 3 is 2.17 bits per heavy atom. The molecule has 2 aromatic carbocycles. The van der Waals surface area contributed by atoms with Gasteiger partial charge in [-0.1, -0.05) is 30.3 Å². The Bertz CT molecular complexity index is 954. The first-order chi connectivity index (χ1) is 13.6. The average Bonchev–Trinajstić information content (AvgIpc) is 2.61. The monoisotopic (exact) mass is 418 g/mol. The van der Waals surface area contributed by atoms with E-state index in [-0.39, 0.29) is 23.5 Å². The van der Waals surface area contributed by atoms with Gasteiger partial charge in [-0.15, -0.1) is 0 Å². The van der Waals surface area contributed by atoms with E-state index in [2.05, 4.69) is 20.7 Å². The minimum Gasteiger partial charge on any atom is -0.337 e. The number of sulfonamides is 1. The lowest BCUT2D eigenvalue weighted by molar-refractivity contribution is -0.116. The number of benzene rings is 2. The van der Waals surface area contributed by atoms with Gasteiger partial charge in [-0.2, -0.15) is 0 Å². The number of urea groups is 1. The van der Waals surface area contributed by atoms with Gasteiger partial charge in [-0.3, -0.25) is 4.79 Å². The molecule has 0 saturated carbocycles. The second-order valence-corrected chi connectivity index (χ2v) is 9.05. The second kappa shape index (κ2) is 9.53. The lowest BCUT2D eigenvalue weighted by Crippen LogP contribution is -2.40. The van der Waals surface area contributed by atoms with E-state index in [0.29, 0.717) is 5.69 Å². The predicted molar refractivity (Wildman–Crippen MR) is 113 cm³/mol. The van der Waals surface area contributed by atoms with Crippen LogP contribution in [0.25, 0.3) is 0 Å². The van der Waals surface area contributed by atoms with Crippen molar-refractivity contribution >= 4 is 33.3 Å². The predicted octanol–water partition coefficient (Wildman–Crippen LogP) is 2.91. The van der Waals surface area contributed by atoms with Crippen molar-refractivity contribution < 1.29 is 18.0 Å². The Kier molecular flexibility index (Phi) is 7.35. The van der Waals surface area contributed by atoms with Crippen molar-refractivity contribution in [3.63, 3.8) is 0 Å². The molecule has 156 valence electrons. The molecule has 2 aromatic rings. The van der Waals surface area contributed by atoms with Crippen LogP contribution in [0.3, 0.4) is 0 Å². The van der Waals surface area contributed by atoms with E-state index in [9.17, 15) is 18.0 Å². The maximum atomic E-state index is 12.6. The first-order valence-corrected chi connectivity index (χ1v) is 10.6. The molecule has 0 bridgehead atoms. The van der Waals surface area contributed by atoms with Gasteiger partial charge in [0, 0.05) is 24.2 Å². The minimum absolute atomic E-state index is 0.0106. The average molecular weight is 419 g/mol. The zero-order valence-corrected chi connectivity index (χ0v) is 17.5. The summed E-state index contributed by atoms with van der Waals surface area (Å²) in [4.78, 5) is 24.0. The van der Waals surface area contributed by atoms with E-state index >= 15 is 0 Å². The minimum atomic E-state index is -3.81. The van der Waals surface area contributed by atoms with Crippen LogP contribution in [-0.2, 0) is 14.8 Å². The fourth-order valence-electron chi connectivity index (χ4n) is 2.46. The lowest BCUT2D eigenvalue weighted by atomic mass is 10.1. The van der Waals surface area contributed by atoms with Crippen LogP contribution < -0.4 is 20.7 Å². The van der Waals surface area contributed by atoms with Crippen LogP contribution in [0.1, 0.15) is 27.2 Å². The summed E-state index contributed by atoms with van der Waals surface area (Å²) in [6, 6.07) is 14.7. The Labute approximate surface area is 171 Å². The summed E-state index contributed by atoms with van der Waals surface area (Å²) in [7, 11) is -3.81. The van der Waals surface area contributed by atoms with Gasteiger partial charge in [0.2, 0.25) is 15.9 Å². The number of carbonyl (C=O) groups excluding carboxylic acids is 2. The van der Waals surface area contributed by atoms with Crippen molar-refractivity contribution in [2.75, 3.05) is 17.2 Å². The van der Waals surface area contributed by atoms with E-state index in [1.807, 2.05) is 6.07 Å². The molecule has 0 aromatic heterocycles. The summed E-state index contributed by atoms with van der Waals surface area (Å²) in [6.07, 6.45) is -0.0106. The molecule has 3 amide bonds. The molecule has 0 saturated heterocycles. The third kappa shape index (κ3) is 7.55. The number of anilines is 2. The van der Waals surface area contributed by atoms with Crippen molar-refractivity contribution in [3.8, 4) is 0 Å². The van der Waals surface area contributed by atoms with Gasteiger partial charge in [0.15, 0.2) is 0 Å². The van der Waals surface area contributed by atoms with Gasteiger partial charge in [0.25, 0.3) is 0 Å². The number of hydrogen-bond donors (Lipinski definition) is 4. The molecule has 0 radical (unpaired) electrons. The molecule has 0 aliphatic carbocycles. The topological polar surface area (TPSA) is 116 Å². The Hall–Kier alpha value is -2.91. The van der Waals surface area contributed by atoms with Gasteiger partial charge < -0.3 is 16.0 Å². The molecule has 0 atom stereocenters. The number of carbonyl (C=O) groups is 2. The molecule has 0 unspecified atom stereocenters. The highest BCUT2D eigenvalue weighted by Crippen LogP contribution is 2.22. The first-order valence-electron chi connectivity index (χ1n) is 9.09. The van der Waals surface area contributed by atoms with E-state index in [1.165, 1.54) is 12.1 Å². The van der Waals surface area contributed by atoms with Gasteiger partial charge in [0.1, 0.15) is 4.90 Å². The number of para-hydroxylation sites is 2. The summed E-state index contributed by atoms with van der Waals surface area (Å²) in [5.74, 6) is -0.414. The van der Waals surface area contributed by atoms with Crippen LogP contribution in [0.4, 0.5) is 16.2 Å². The van der Waals surface area contributed by atoms with Crippen LogP contribution in [0, 0.1) is 0 Å². The molecular formula is C20H26N4O4S. The largest absolute Gasteiger partial charge is 0.337 e. The van der Waals surface area contributed by atoms with Crippen molar-refractivity contribution in [2.45, 2.75) is 37.6 Å². The van der Waals surface area contributed by atoms with Crippen LogP contribution in [0.5, 0.6) is 0 Å². The molecule has 0 fully saturated rings. The first kappa shape index (κ1) is 22.4. The lowest BCUT2D eigenvalue weighted by Gasteiger charge is -2.21. The van der Waals surface area contributed by atoms with Crippen molar-refractivity contribution in [1.29, 1.82) is 0 Å². The smallest absolute Gasteiger partial charge is 0.319 e. The summed E-state index contributed by atoms with van der Waals surface area (Å²) in [5, 5.41) is 7.83. The van der Waals surface area contributed by atoms with Crippen LogP contribution in [0.2, 0.25) is 0 Å². The van der Waals surface area contributed by atoms with Crippen LogP contribution in [-0.4, -0.2) is 32.4 Å². The molecule has 0 heterocycles. The van der Waals surface area contributed by atoms with Crippen LogP contribution >= 0.6 is 0 Å². The van der Waals surface area contributed by atoms with Gasteiger partial charge >= 0.3 is 6.03 Å². The third-order valence-electron chi connectivity index (χ3n) is 3.56. The van der Waals surface area contributed by atoms with Crippen molar-refractivity contribution in [3.05, 3.63) is 54.6 Å². The summed E-state index contributed by atoms with van der Waals surface area (Å²) in [5.41, 5.74) is 0.161. The Balaban J connectivity index is 1.92. The van der Waals surface area contributed by atoms with E-state index in [1.54, 1.807) is 57.2 Å². The summed E-state index contributed by atoms with van der Waals surface area (Å²) >= 11 is 0. The second-order valence-electron chi connectivity index (χ2n) is 7.40. The summed E-state index contributed by atoms with van der Waals surface area (Å²) in [6.45, 7) is 5.30. The van der Waals surface area contributed by atoms with Gasteiger partial charge in [-0.25, -0.2) is 17.9 Å². The Morgan fingerprint density at radius 1 is 0.897 bits per heavy atom. The molecule has 0 spiro atoms. The van der Waals surface area contributed by atoms with Gasteiger partial charge in [-0.05, 0) is 45.0 Å². The molecule has 0 aliphatic rings. The SMILES string of the molecule is CC(C)(C)NS(=O)(=O)c1ccccc1NC(=O)CCNC(=O)Nc1ccccc1. The van der Waals surface area contributed by atoms with E-state index in [0.717, 1.165) is 0 Å². The Morgan fingerprint density at radius 2 is 1.52 bits per heavy atom. The molecule has 8 nitrogen and oxygen atoms in total. The molecule has 2 rings (SSSR count). The van der Waals surface area contributed by atoms with E-state index < -0.39 is 27.5 Å². The van der Waals surface area contributed by atoms with Crippen molar-refractivity contribution in [2.24, 2.45) is 0 Å². The normalized spacial score (nSPS) is 11.6. The maximum absolute atomic E-state index is 12.6. The number of rotatable bonds is 7. The maximum Gasteiger partial charge on any atom is 0.319 e. The highest BCUT2D eigenvalue weighted by Gasteiger charge is 2.24.